The van der Waals surface area contributed by atoms with Gasteiger partial charge < -0.3 is 16.4 Å². The lowest BCUT2D eigenvalue weighted by molar-refractivity contribution is 0.100. The van der Waals surface area contributed by atoms with E-state index in [2.05, 4.69) is 4.98 Å². The predicted molar refractivity (Wildman–Crippen MR) is 80.6 cm³/mol. The first kappa shape index (κ1) is 13.9. The van der Waals surface area contributed by atoms with Crippen LogP contribution in [-0.4, -0.2) is 24.5 Å². The third-order valence-corrected chi connectivity index (χ3v) is 3.25. The van der Waals surface area contributed by atoms with Crippen LogP contribution in [0.4, 0.5) is 11.4 Å². The van der Waals surface area contributed by atoms with Crippen molar-refractivity contribution in [2.24, 2.45) is 5.73 Å². The van der Waals surface area contributed by atoms with Crippen molar-refractivity contribution < 1.29 is 4.79 Å². The van der Waals surface area contributed by atoms with Crippen molar-refractivity contribution in [2.75, 3.05) is 24.2 Å². The normalized spacial score (nSPS) is 10.2. The zero-order valence-electron chi connectivity index (χ0n) is 11.4. The highest BCUT2D eigenvalue weighted by molar-refractivity contribution is 6.00. The fourth-order valence-electron chi connectivity index (χ4n) is 2.07. The van der Waals surface area contributed by atoms with Gasteiger partial charge in [0.15, 0.2) is 0 Å². The summed E-state index contributed by atoms with van der Waals surface area (Å²) in [5.74, 6) is -0.508. The average molecular weight is 270 g/mol. The summed E-state index contributed by atoms with van der Waals surface area (Å²) in [5, 5.41) is 0. The maximum atomic E-state index is 11.3. The Bertz CT molecular complexity index is 598. The number of benzene rings is 1. The lowest BCUT2D eigenvalue weighted by Gasteiger charge is -2.22. The molecule has 0 saturated heterocycles. The smallest absolute Gasteiger partial charge is 0.250 e. The second-order valence-corrected chi connectivity index (χ2v) is 4.63. The van der Waals surface area contributed by atoms with Crippen molar-refractivity contribution in [3.63, 3.8) is 0 Å². The molecule has 0 saturated carbocycles. The number of carbonyl (C=O) groups excluding carboxylic acids is 1. The maximum Gasteiger partial charge on any atom is 0.250 e. The molecule has 0 unspecified atom stereocenters. The van der Waals surface area contributed by atoms with Gasteiger partial charge in [0.1, 0.15) is 0 Å². The van der Waals surface area contributed by atoms with E-state index < -0.39 is 5.91 Å². The highest BCUT2D eigenvalue weighted by Gasteiger charge is 2.12. The van der Waals surface area contributed by atoms with Crippen LogP contribution in [0.1, 0.15) is 15.9 Å². The summed E-state index contributed by atoms with van der Waals surface area (Å²) in [4.78, 5) is 17.3. The van der Waals surface area contributed by atoms with E-state index in [0.29, 0.717) is 11.3 Å². The predicted octanol–water partition coefficient (Wildman–Crippen LogP) is 1.44. The van der Waals surface area contributed by atoms with Crippen LogP contribution in [-0.2, 0) is 6.42 Å². The molecule has 0 radical (unpaired) electrons. The van der Waals surface area contributed by atoms with E-state index in [1.165, 1.54) is 5.56 Å². The minimum atomic E-state index is -0.508. The van der Waals surface area contributed by atoms with Crippen molar-refractivity contribution in [3.8, 4) is 0 Å². The molecular formula is C15H18N4O. The third kappa shape index (κ3) is 3.06. The number of amides is 1. The molecule has 1 aromatic carbocycles. The summed E-state index contributed by atoms with van der Waals surface area (Å²) in [6, 6.07) is 9.27. The van der Waals surface area contributed by atoms with Gasteiger partial charge in [0.2, 0.25) is 0 Å². The number of hydrogen-bond donors (Lipinski definition) is 2. The Hall–Kier alpha value is -2.56. The van der Waals surface area contributed by atoms with E-state index >= 15 is 0 Å². The molecule has 5 heteroatoms. The van der Waals surface area contributed by atoms with E-state index in [1.54, 1.807) is 24.5 Å². The Morgan fingerprint density at radius 1 is 1.25 bits per heavy atom. The number of anilines is 2. The average Bonchev–Trinajstić information content (AvgIpc) is 2.46. The number of hydrogen-bond acceptors (Lipinski definition) is 4. The highest BCUT2D eigenvalue weighted by atomic mass is 16.1. The number of pyridine rings is 1. The van der Waals surface area contributed by atoms with Crippen molar-refractivity contribution in [2.45, 2.75) is 6.42 Å². The van der Waals surface area contributed by atoms with Gasteiger partial charge in [0.05, 0.1) is 16.9 Å². The molecule has 4 N–H and O–H groups in total. The van der Waals surface area contributed by atoms with Crippen molar-refractivity contribution >= 4 is 17.3 Å². The molecule has 0 aliphatic heterocycles. The van der Waals surface area contributed by atoms with Gasteiger partial charge in [-0.15, -0.1) is 0 Å². The largest absolute Gasteiger partial charge is 0.396 e. The Morgan fingerprint density at radius 2 is 1.95 bits per heavy atom. The van der Waals surface area contributed by atoms with Gasteiger partial charge >= 0.3 is 0 Å². The summed E-state index contributed by atoms with van der Waals surface area (Å²) in [6.45, 7) is 0.788. The summed E-state index contributed by atoms with van der Waals surface area (Å²) in [7, 11) is 1.94. The number of carbonyl (C=O) groups is 1. The van der Waals surface area contributed by atoms with E-state index in [-0.39, 0.29) is 0 Å². The van der Waals surface area contributed by atoms with Crippen LogP contribution in [0.15, 0.2) is 42.7 Å². The summed E-state index contributed by atoms with van der Waals surface area (Å²) in [6.07, 6.45) is 4.42. The molecule has 1 heterocycles. The molecule has 0 aliphatic rings. The lowest BCUT2D eigenvalue weighted by Crippen LogP contribution is -2.23. The van der Waals surface area contributed by atoms with Gasteiger partial charge in [-0.1, -0.05) is 6.07 Å². The molecule has 0 aliphatic carbocycles. The molecule has 104 valence electrons. The molecule has 0 atom stereocenters. The zero-order chi connectivity index (χ0) is 14.5. The SMILES string of the molecule is CN(CCc1ccncc1)c1cccc(C(N)=O)c1N. The van der Waals surface area contributed by atoms with Crippen LogP contribution in [0.3, 0.4) is 0 Å². The molecule has 20 heavy (non-hydrogen) atoms. The van der Waals surface area contributed by atoms with Crippen LogP contribution in [0.5, 0.6) is 0 Å². The number of rotatable bonds is 5. The second-order valence-electron chi connectivity index (χ2n) is 4.63. The summed E-state index contributed by atoms with van der Waals surface area (Å²) < 4.78 is 0. The fraction of sp³-hybridized carbons (Fsp3) is 0.200. The number of primary amides is 1. The number of nitrogens with two attached hydrogens (primary N) is 2. The first-order valence-corrected chi connectivity index (χ1v) is 6.38. The number of nitrogens with zero attached hydrogens (tertiary/aromatic N) is 2. The minimum absolute atomic E-state index is 0.360. The Kier molecular flexibility index (Phi) is 4.20. The van der Waals surface area contributed by atoms with Crippen LogP contribution in [0.25, 0.3) is 0 Å². The summed E-state index contributed by atoms with van der Waals surface area (Å²) >= 11 is 0. The van der Waals surface area contributed by atoms with Crippen LogP contribution >= 0.6 is 0 Å². The second kappa shape index (κ2) is 6.06. The van der Waals surface area contributed by atoms with Gasteiger partial charge in [-0.3, -0.25) is 9.78 Å². The van der Waals surface area contributed by atoms with E-state index in [9.17, 15) is 4.79 Å². The van der Waals surface area contributed by atoms with Gasteiger partial charge in [0, 0.05) is 26.0 Å². The van der Waals surface area contributed by atoms with E-state index in [0.717, 1.165) is 18.7 Å². The number of para-hydroxylation sites is 1. The van der Waals surface area contributed by atoms with Gasteiger partial charge in [0.25, 0.3) is 5.91 Å². The molecule has 2 aromatic rings. The zero-order valence-corrected chi connectivity index (χ0v) is 11.4. The third-order valence-electron chi connectivity index (χ3n) is 3.25. The Morgan fingerprint density at radius 3 is 2.60 bits per heavy atom. The van der Waals surface area contributed by atoms with Crippen molar-refractivity contribution in [3.05, 3.63) is 53.9 Å². The molecule has 0 spiro atoms. The van der Waals surface area contributed by atoms with Crippen molar-refractivity contribution in [1.82, 2.24) is 4.98 Å². The van der Waals surface area contributed by atoms with Crippen LogP contribution < -0.4 is 16.4 Å². The number of likely N-dealkylation sites (N-methyl/N-ethyl adjacent to an activating group) is 1. The molecule has 0 bridgehead atoms. The molecule has 2 rings (SSSR count). The molecule has 5 nitrogen and oxygen atoms in total. The maximum absolute atomic E-state index is 11.3. The van der Waals surface area contributed by atoms with E-state index in [4.69, 9.17) is 11.5 Å². The monoisotopic (exact) mass is 270 g/mol. The number of nitrogen functional groups attached to an aromatic ring is 1. The highest BCUT2D eigenvalue weighted by Crippen LogP contribution is 2.25. The molecule has 0 fully saturated rings. The van der Waals surface area contributed by atoms with Crippen molar-refractivity contribution in [1.29, 1.82) is 0 Å². The van der Waals surface area contributed by atoms with Gasteiger partial charge in [-0.2, -0.15) is 0 Å². The van der Waals surface area contributed by atoms with E-state index in [1.807, 2.05) is 30.1 Å². The topological polar surface area (TPSA) is 85.2 Å². The standard InChI is InChI=1S/C15H18N4O/c1-19(10-7-11-5-8-18-9-6-11)13-4-2-3-12(14(13)16)15(17)20/h2-6,8-9H,7,10,16H2,1H3,(H2,17,20). The molecule has 1 aromatic heterocycles. The summed E-state index contributed by atoms with van der Waals surface area (Å²) in [5.41, 5.74) is 14.1. The first-order valence-electron chi connectivity index (χ1n) is 6.38. The van der Waals surface area contributed by atoms with Gasteiger partial charge in [-0.25, -0.2) is 0 Å². The Balaban J connectivity index is 2.11. The molecule has 1 amide bonds. The fourth-order valence-corrected chi connectivity index (χ4v) is 2.07. The minimum Gasteiger partial charge on any atom is -0.396 e. The number of aromatic nitrogens is 1. The molecular weight excluding hydrogens is 252 g/mol. The van der Waals surface area contributed by atoms with Gasteiger partial charge in [-0.05, 0) is 36.2 Å². The Labute approximate surface area is 118 Å². The lowest BCUT2D eigenvalue weighted by atomic mass is 10.1. The quantitative estimate of drug-likeness (QED) is 0.805. The van der Waals surface area contributed by atoms with Crippen LogP contribution in [0, 0.1) is 0 Å². The van der Waals surface area contributed by atoms with Crippen LogP contribution in [0.2, 0.25) is 0 Å². The first-order chi connectivity index (χ1) is 9.59.